The SMILES string of the molecule is CC[C@@H](C(=O)N1CC[C@@H](c2ccccc2)C[C@H]1C1CCCCC1)[C@]1(CC)CN(S(C)(=O)=O)Cc2cc(Br)ccc21. The zero-order valence-electron chi connectivity index (χ0n) is 24.3. The number of likely N-dealkylation sites (tertiary alicyclic amines) is 1. The third-order valence-corrected chi connectivity index (χ3v) is 12.0. The van der Waals surface area contributed by atoms with E-state index in [0.717, 1.165) is 35.0 Å². The molecule has 5 rings (SSSR count). The highest BCUT2D eigenvalue weighted by atomic mass is 79.9. The molecule has 4 atom stereocenters. The largest absolute Gasteiger partial charge is 0.339 e. The lowest BCUT2D eigenvalue weighted by Crippen LogP contribution is -2.58. The van der Waals surface area contributed by atoms with Gasteiger partial charge in [0.1, 0.15) is 0 Å². The van der Waals surface area contributed by atoms with Gasteiger partial charge < -0.3 is 4.90 Å². The third-order valence-electron chi connectivity index (χ3n) is 10.3. The predicted octanol–water partition coefficient (Wildman–Crippen LogP) is 7.25. The van der Waals surface area contributed by atoms with Crippen LogP contribution in [-0.4, -0.2) is 48.9 Å². The van der Waals surface area contributed by atoms with E-state index in [2.05, 4.69) is 71.1 Å². The second-order valence-corrected chi connectivity index (χ2v) is 15.3. The van der Waals surface area contributed by atoms with Gasteiger partial charge in [-0.05, 0) is 79.2 Å². The minimum Gasteiger partial charge on any atom is -0.339 e. The van der Waals surface area contributed by atoms with Gasteiger partial charge in [-0.3, -0.25) is 4.79 Å². The standard InChI is InChI=1S/C33H45BrN2O3S/c1-4-29(33(5-2)23-35(40(3,38)39)22-27-20-28(34)16-17-30(27)33)32(37)36-19-18-26(24-12-8-6-9-13-24)21-31(36)25-14-10-7-11-15-25/h6,8-9,12-13,16-17,20,25-26,29,31H,4-5,7,10-11,14-15,18-19,21-23H2,1-3H3/t26-,29+,31+,33+/m1/s1. The van der Waals surface area contributed by atoms with Crippen LogP contribution in [-0.2, 0) is 26.8 Å². The zero-order valence-corrected chi connectivity index (χ0v) is 26.7. The van der Waals surface area contributed by atoms with E-state index in [1.165, 1.54) is 43.9 Å². The Kier molecular flexibility index (Phi) is 9.13. The zero-order chi connectivity index (χ0) is 28.5. The molecular weight excluding hydrogens is 584 g/mol. The number of sulfonamides is 1. The summed E-state index contributed by atoms with van der Waals surface area (Å²) in [4.78, 5) is 17.1. The lowest BCUT2D eigenvalue weighted by molar-refractivity contribution is -0.145. The number of hydrogen-bond acceptors (Lipinski definition) is 3. The second-order valence-electron chi connectivity index (χ2n) is 12.4. The summed E-state index contributed by atoms with van der Waals surface area (Å²) in [6.45, 7) is 5.74. The molecule has 1 amide bonds. The lowest BCUT2D eigenvalue weighted by atomic mass is 9.63. The number of halogens is 1. The number of hydrogen-bond donors (Lipinski definition) is 0. The van der Waals surface area contributed by atoms with E-state index in [0.29, 0.717) is 37.8 Å². The van der Waals surface area contributed by atoms with Gasteiger partial charge in [0.2, 0.25) is 15.9 Å². The van der Waals surface area contributed by atoms with Crippen molar-refractivity contribution in [3.05, 3.63) is 69.7 Å². The summed E-state index contributed by atoms with van der Waals surface area (Å²) in [5.74, 6) is 0.976. The fourth-order valence-corrected chi connectivity index (χ4v) is 9.42. The summed E-state index contributed by atoms with van der Waals surface area (Å²) in [7, 11) is -3.43. The monoisotopic (exact) mass is 628 g/mol. The van der Waals surface area contributed by atoms with Crippen LogP contribution in [0.5, 0.6) is 0 Å². The van der Waals surface area contributed by atoms with Crippen LogP contribution >= 0.6 is 15.9 Å². The van der Waals surface area contributed by atoms with Crippen molar-refractivity contribution in [2.24, 2.45) is 11.8 Å². The van der Waals surface area contributed by atoms with Gasteiger partial charge in [0.15, 0.2) is 0 Å². The summed E-state index contributed by atoms with van der Waals surface area (Å²) in [6, 6.07) is 17.3. The van der Waals surface area contributed by atoms with Crippen LogP contribution in [0.15, 0.2) is 53.0 Å². The molecule has 0 bridgehead atoms. The molecule has 7 heteroatoms. The fraction of sp³-hybridized carbons (Fsp3) is 0.606. The minimum absolute atomic E-state index is 0.232. The highest BCUT2D eigenvalue weighted by molar-refractivity contribution is 9.10. The lowest BCUT2D eigenvalue weighted by Gasteiger charge is -2.51. The molecule has 0 spiro atoms. The van der Waals surface area contributed by atoms with Crippen molar-refractivity contribution in [2.45, 2.75) is 95.6 Å². The van der Waals surface area contributed by atoms with Crippen LogP contribution in [0.25, 0.3) is 0 Å². The second kappa shape index (κ2) is 12.3. The van der Waals surface area contributed by atoms with E-state index in [1.807, 2.05) is 12.1 Å². The van der Waals surface area contributed by atoms with E-state index in [4.69, 9.17) is 0 Å². The summed E-state index contributed by atoms with van der Waals surface area (Å²) < 4.78 is 28.4. The highest BCUT2D eigenvalue weighted by Gasteiger charge is 2.51. The molecule has 2 fully saturated rings. The number of benzene rings is 2. The van der Waals surface area contributed by atoms with Crippen LogP contribution in [0, 0.1) is 11.8 Å². The number of nitrogens with zero attached hydrogens (tertiary/aromatic N) is 2. The van der Waals surface area contributed by atoms with Crippen molar-refractivity contribution in [3.8, 4) is 0 Å². The molecule has 0 aromatic heterocycles. The quantitative estimate of drug-likeness (QED) is 0.324. The van der Waals surface area contributed by atoms with Crippen LogP contribution in [0.2, 0.25) is 0 Å². The number of amides is 1. The average molecular weight is 630 g/mol. The minimum atomic E-state index is -3.43. The van der Waals surface area contributed by atoms with Crippen molar-refractivity contribution >= 4 is 31.9 Å². The number of fused-ring (bicyclic) bond motifs is 1. The molecule has 2 aromatic rings. The molecule has 2 aromatic carbocycles. The maximum absolute atomic E-state index is 14.9. The number of rotatable bonds is 7. The molecule has 0 N–H and O–H groups in total. The fourth-order valence-electron chi connectivity index (χ4n) is 8.17. The van der Waals surface area contributed by atoms with Crippen LogP contribution in [0.1, 0.15) is 94.2 Å². The van der Waals surface area contributed by atoms with Crippen molar-refractivity contribution in [1.29, 1.82) is 0 Å². The smallest absolute Gasteiger partial charge is 0.226 e. The van der Waals surface area contributed by atoms with Gasteiger partial charge in [-0.2, -0.15) is 4.31 Å². The van der Waals surface area contributed by atoms with E-state index in [1.54, 1.807) is 4.31 Å². The Labute approximate surface area is 249 Å². The summed E-state index contributed by atoms with van der Waals surface area (Å²) in [6.07, 6.45) is 10.9. The predicted molar refractivity (Wildman–Crippen MR) is 166 cm³/mol. The van der Waals surface area contributed by atoms with Crippen LogP contribution < -0.4 is 0 Å². The maximum Gasteiger partial charge on any atom is 0.226 e. The molecule has 2 aliphatic heterocycles. The average Bonchev–Trinajstić information content (AvgIpc) is 2.97. The van der Waals surface area contributed by atoms with E-state index in [-0.39, 0.29) is 17.9 Å². The Morgan fingerprint density at radius 3 is 2.42 bits per heavy atom. The number of piperidine rings is 1. The summed E-state index contributed by atoms with van der Waals surface area (Å²) >= 11 is 3.60. The molecule has 1 saturated heterocycles. The molecule has 5 nitrogen and oxygen atoms in total. The van der Waals surface area contributed by atoms with Crippen molar-refractivity contribution < 1.29 is 13.2 Å². The van der Waals surface area contributed by atoms with Gasteiger partial charge in [-0.15, -0.1) is 0 Å². The van der Waals surface area contributed by atoms with Crippen molar-refractivity contribution in [1.82, 2.24) is 9.21 Å². The van der Waals surface area contributed by atoms with Gasteiger partial charge in [0, 0.05) is 41.5 Å². The highest BCUT2D eigenvalue weighted by Crippen LogP contribution is 2.47. The summed E-state index contributed by atoms with van der Waals surface area (Å²) in [5, 5.41) is 0. The molecule has 40 heavy (non-hydrogen) atoms. The molecule has 0 unspecified atom stereocenters. The Hall–Kier alpha value is -1.70. The van der Waals surface area contributed by atoms with E-state index in [9.17, 15) is 13.2 Å². The first-order valence-corrected chi connectivity index (χ1v) is 17.9. The van der Waals surface area contributed by atoms with E-state index >= 15 is 0 Å². The number of carbonyl (C=O) groups excluding carboxylic acids is 1. The van der Waals surface area contributed by atoms with Crippen LogP contribution in [0.4, 0.5) is 0 Å². The molecule has 1 saturated carbocycles. The van der Waals surface area contributed by atoms with Crippen molar-refractivity contribution in [2.75, 3.05) is 19.3 Å². The Balaban J connectivity index is 1.52. The first-order valence-electron chi connectivity index (χ1n) is 15.3. The Morgan fingerprint density at radius 1 is 1.05 bits per heavy atom. The van der Waals surface area contributed by atoms with Gasteiger partial charge in [-0.1, -0.05) is 85.4 Å². The van der Waals surface area contributed by atoms with Gasteiger partial charge in [0.25, 0.3) is 0 Å². The van der Waals surface area contributed by atoms with Gasteiger partial charge >= 0.3 is 0 Å². The maximum atomic E-state index is 14.9. The van der Waals surface area contributed by atoms with Gasteiger partial charge in [0.05, 0.1) is 6.26 Å². The molecule has 2 heterocycles. The molecule has 3 aliphatic rings. The normalized spacial score (nSPS) is 27.2. The van der Waals surface area contributed by atoms with Crippen LogP contribution in [0.3, 0.4) is 0 Å². The molecular formula is C33H45BrN2O3S. The first kappa shape index (κ1) is 29.8. The third kappa shape index (κ3) is 5.80. The van der Waals surface area contributed by atoms with Gasteiger partial charge in [-0.25, -0.2) is 8.42 Å². The van der Waals surface area contributed by atoms with Crippen molar-refractivity contribution in [3.63, 3.8) is 0 Å². The Morgan fingerprint density at radius 2 is 1.77 bits per heavy atom. The molecule has 218 valence electrons. The Bertz CT molecular complexity index is 1290. The molecule has 1 aliphatic carbocycles. The summed E-state index contributed by atoms with van der Waals surface area (Å²) in [5.41, 5.74) is 2.98. The van der Waals surface area contributed by atoms with E-state index < -0.39 is 15.4 Å². The topological polar surface area (TPSA) is 57.7 Å². The number of carbonyl (C=O) groups is 1. The first-order chi connectivity index (χ1) is 19.2. The molecule has 0 radical (unpaired) electrons.